The van der Waals surface area contributed by atoms with Crippen molar-refractivity contribution in [3.8, 4) is 60.2 Å². The fourth-order valence-corrected chi connectivity index (χ4v) is 13.9. The van der Waals surface area contributed by atoms with Gasteiger partial charge in [0.1, 0.15) is 0 Å². The van der Waals surface area contributed by atoms with Crippen LogP contribution in [0.15, 0.2) is 133 Å². The van der Waals surface area contributed by atoms with Crippen LogP contribution in [0.25, 0.3) is 91.7 Å². The lowest BCUT2D eigenvalue weighted by atomic mass is 9.71. The summed E-state index contributed by atoms with van der Waals surface area (Å²) in [6.45, 7) is 18.2. The molecule has 0 aliphatic heterocycles. The van der Waals surface area contributed by atoms with Crippen LogP contribution in [-0.4, -0.2) is 20.8 Å². The number of benzene rings is 5. The summed E-state index contributed by atoms with van der Waals surface area (Å²) in [5.74, 6) is 0. The van der Waals surface area contributed by atoms with Crippen LogP contribution >= 0.6 is 34.0 Å². The first-order chi connectivity index (χ1) is 33.3. The fourth-order valence-electron chi connectivity index (χ4n) is 10.9. The van der Waals surface area contributed by atoms with E-state index < -0.39 is 0 Å². The van der Waals surface area contributed by atoms with Gasteiger partial charge in [0.05, 0.1) is 47.7 Å². The first kappa shape index (κ1) is 45.5. The Hall–Kier alpha value is -5.99. The molecular formula is C62H59N3OS3. The Morgan fingerprint density at radius 2 is 1.14 bits per heavy atom. The molecule has 0 N–H and O–H groups in total. The summed E-state index contributed by atoms with van der Waals surface area (Å²) in [5.41, 5.74) is 19.5. The van der Waals surface area contributed by atoms with Crippen molar-refractivity contribution in [1.29, 1.82) is 0 Å². The molecule has 0 amide bonds. The zero-order chi connectivity index (χ0) is 47.8. The monoisotopic (exact) mass is 957 g/mol. The average molecular weight is 958 g/mol. The molecule has 5 heterocycles. The molecule has 0 saturated carbocycles. The van der Waals surface area contributed by atoms with Crippen molar-refractivity contribution in [3.05, 3.63) is 160 Å². The molecule has 0 saturated heterocycles. The Bertz CT molecular complexity index is 3560. The van der Waals surface area contributed by atoms with Crippen LogP contribution in [0, 0.1) is 0 Å². The quantitative estimate of drug-likeness (QED) is 0.115. The van der Waals surface area contributed by atoms with Gasteiger partial charge in [-0.05, 0) is 98.8 Å². The summed E-state index contributed by atoms with van der Waals surface area (Å²) < 4.78 is 5.11. The van der Waals surface area contributed by atoms with Gasteiger partial charge in [-0.2, -0.15) is 0 Å². The Morgan fingerprint density at radius 1 is 0.565 bits per heavy atom. The summed E-state index contributed by atoms with van der Waals surface area (Å²) in [5, 5.41) is 2.24. The fraction of sp³-hybridized carbons (Fsp3) is 0.274. The number of carbonyl (C=O) groups excluding carboxylic acids is 1. The van der Waals surface area contributed by atoms with Gasteiger partial charge in [0.25, 0.3) is 0 Å². The van der Waals surface area contributed by atoms with Crippen LogP contribution in [-0.2, 0) is 16.2 Å². The van der Waals surface area contributed by atoms with Crippen molar-refractivity contribution < 1.29 is 4.79 Å². The van der Waals surface area contributed by atoms with Crippen LogP contribution in [0.4, 0.5) is 0 Å². The highest BCUT2D eigenvalue weighted by Crippen LogP contribution is 2.55. The minimum atomic E-state index is 0.000426. The number of unbranched alkanes of at least 4 members (excludes halogenated alkanes) is 2. The van der Waals surface area contributed by atoms with Gasteiger partial charge in [-0.3, -0.25) is 4.79 Å². The maximum Gasteiger partial charge on any atom is 0.160 e. The number of nitrogens with zero attached hydrogens (tertiary/aromatic N) is 3. The molecule has 5 aromatic heterocycles. The topological polar surface area (TPSA) is 47.8 Å². The van der Waals surface area contributed by atoms with E-state index in [9.17, 15) is 4.79 Å². The van der Waals surface area contributed by atoms with Crippen LogP contribution in [0.1, 0.15) is 126 Å². The molecule has 5 aromatic carbocycles. The van der Waals surface area contributed by atoms with Gasteiger partial charge in [0.15, 0.2) is 6.29 Å². The second kappa shape index (κ2) is 17.4. The highest BCUT2D eigenvalue weighted by molar-refractivity contribution is 7.28. The van der Waals surface area contributed by atoms with E-state index in [2.05, 4.69) is 181 Å². The number of fused-ring (bicyclic) bond motifs is 7. The van der Waals surface area contributed by atoms with E-state index in [-0.39, 0.29) is 16.2 Å². The maximum atomic E-state index is 12.0. The van der Waals surface area contributed by atoms with Gasteiger partial charge >= 0.3 is 0 Å². The predicted octanol–water partition coefficient (Wildman–Crippen LogP) is 18.6. The van der Waals surface area contributed by atoms with Crippen molar-refractivity contribution in [1.82, 2.24) is 14.5 Å². The van der Waals surface area contributed by atoms with E-state index in [1.807, 2.05) is 34.8 Å². The molecule has 0 fully saturated rings. The molecule has 10 aromatic rings. The lowest BCUT2D eigenvalue weighted by Gasteiger charge is -2.33. The molecule has 4 nitrogen and oxygen atoms in total. The molecule has 0 unspecified atom stereocenters. The summed E-state index contributed by atoms with van der Waals surface area (Å²) in [6, 6.07) is 47.4. The number of thiophene rings is 3. The minimum absolute atomic E-state index is 0.000426. The zero-order valence-electron chi connectivity index (χ0n) is 41.0. The molecule has 69 heavy (non-hydrogen) atoms. The predicted molar refractivity (Wildman–Crippen MR) is 297 cm³/mol. The summed E-state index contributed by atoms with van der Waals surface area (Å²) in [4.78, 5) is 26.3. The van der Waals surface area contributed by atoms with Gasteiger partial charge in [-0.25, -0.2) is 9.97 Å². The van der Waals surface area contributed by atoms with Crippen LogP contribution in [0.5, 0.6) is 0 Å². The van der Waals surface area contributed by atoms with Gasteiger partial charge in [-0.1, -0.05) is 172 Å². The summed E-state index contributed by atoms with van der Waals surface area (Å²) >= 11 is 5.17. The molecule has 11 rings (SSSR count). The number of hydrogen-bond acceptors (Lipinski definition) is 6. The van der Waals surface area contributed by atoms with Crippen LogP contribution in [0.2, 0.25) is 0 Å². The first-order valence-corrected chi connectivity index (χ1v) is 27.2. The molecule has 346 valence electrons. The summed E-state index contributed by atoms with van der Waals surface area (Å²) in [7, 11) is 0. The number of hydrogen-bond donors (Lipinski definition) is 0. The highest BCUT2D eigenvalue weighted by Gasteiger charge is 2.42. The minimum Gasteiger partial charge on any atom is -0.307 e. The van der Waals surface area contributed by atoms with Crippen LogP contribution in [0.3, 0.4) is 0 Å². The molecule has 1 aliphatic rings. The van der Waals surface area contributed by atoms with Crippen molar-refractivity contribution in [2.75, 3.05) is 0 Å². The average Bonchev–Trinajstić information content (AvgIpc) is 4.20. The lowest BCUT2D eigenvalue weighted by Crippen LogP contribution is -2.25. The van der Waals surface area contributed by atoms with E-state index in [0.717, 1.165) is 73.6 Å². The largest absolute Gasteiger partial charge is 0.307 e. The third kappa shape index (κ3) is 7.73. The van der Waals surface area contributed by atoms with Crippen LogP contribution < -0.4 is 0 Å². The van der Waals surface area contributed by atoms with Crippen molar-refractivity contribution in [2.24, 2.45) is 0 Å². The summed E-state index contributed by atoms with van der Waals surface area (Å²) in [6.07, 6.45) is 8.02. The molecule has 0 radical (unpaired) electrons. The number of aldehydes is 1. The number of rotatable bonds is 12. The molecule has 1 aliphatic carbocycles. The molecule has 7 heteroatoms. The van der Waals surface area contributed by atoms with Gasteiger partial charge < -0.3 is 4.57 Å². The first-order valence-electron chi connectivity index (χ1n) is 24.7. The van der Waals surface area contributed by atoms with Gasteiger partial charge in [0.2, 0.25) is 0 Å². The van der Waals surface area contributed by atoms with E-state index in [1.54, 1.807) is 0 Å². The standard InChI is InChI=1S/C62H59N3OS3/c1-9-11-32-62(33-12-10-2)48-16-14-13-15-44(48)45-27-25-42(35-49(45)62)65-50-31-34-67-58(50)59-51(65)36-53(69-59)47-29-28-46(52-30-26-43(37-66)68-52)56-57(47)64-55(39-19-23-41(24-20-39)61(6,7)8)54(63-56)38-17-21-40(22-18-38)60(3,4)5/h13-31,34-37H,9-12,32-33H2,1-8H3. The van der Waals surface area contributed by atoms with E-state index >= 15 is 0 Å². The normalized spacial score (nSPS) is 13.4. The van der Waals surface area contributed by atoms with E-state index in [1.165, 1.54) is 96.5 Å². The SMILES string of the molecule is CCCCC1(CCCC)c2ccccc2-c2ccc(-n3c4ccsc4c4sc(-c5ccc(-c6ccc(C=O)s6)c6nc(-c7ccc(C(C)(C)C)cc7)c(-c7ccc(C(C)(C)C)cc7)nc56)cc43)cc21. The Kier molecular flexibility index (Phi) is 11.5. The lowest BCUT2D eigenvalue weighted by molar-refractivity contribution is 0.112. The van der Waals surface area contributed by atoms with Gasteiger partial charge in [-0.15, -0.1) is 34.0 Å². The van der Waals surface area contributed by atoms with Crippen molar-refractivity contribution >= 4 is 71.8 Å². The zero-order valence-corrected chi connectivity index (χ0v) is 43.4. The molecule has 0 bridgehead atoms. The second-order valence-corrected chi connectivity index (χ2v) is 24.2. The third-order valence-electron chi connectivity index (χ3n) is 14.6. The van der Waals surface area contributed by atoms with E-state index in [4.69, 9.17) is 9.97 Å². The number of aromatic nitrogens is 3. The molecular weight excluding hydrogens is 899 g/mol. The number of carbonyl (C=O) groups is 1. The molecule has 0 spiro atoms. The van der Waals surface area contributed by atoms with Crippen molar-refractivity contribution in [2.45, 2.75) is 110 Å². The van der Waals surface area contributed by atoms with Gasteiger partial charge in [0, 0.05) is 43.1 Å². The Morgan fingerprint density at radius 3 is 1.72 bits per heavy atom. The molecule has 0 atom stereocenters. The Labute approximate surface area is 418 Å². The Balaban J connectivity index is 1.13. The highest BCUT2D eigenvalue weighted by atomic mass is 32.1. The third-order valence-corrected chi connectivity index (χ3v) is 17.9. The maximum absolute atomic E-state index is 12.0. The van der Waals surface area contributed by atoms with Crippen molar-refractivity contribution in [3.63, 3.8) is 0 Å². The second-order valence-electron chi connectivity index (χ2n) is 21.1. The van der Waals surface area contributed by atoms with E-state index in [0.29, 0.717) is 4.88 Å². The smallest absolute Gasteiger partial charge is 0.160 e.